The van der Waals surface area contributed by atoms with Crippen LogP contribution in [0.5, 0.6) is 5.75 Å². The zero-order chi connectivity index (χ0) is 16.8. The molecule has 3 heteroatoms. The SMILES string of the molecule is OC(c1ccccc1)c1ccc(OCCC2=CCCCC2)c(Cl)c1. The standard InChI is InChI=1S/C21H23ClO2/c22-19-15-18(21(23)17-9-5-2-6-10-17)11-12-20(19)24-14-13-16-7-3-1-4-8-16/h2,5-7,9-12,15,21,23H,1,3-4,8,13-14H2. The van der Waals surface area contributed by atoms with Gasteiger partial charge in [-0.05, 0) is 48.9 Å². The third kappa shape index (κ3) is 4.40. The van der Waals surface area contributed by atoms with E-state index < -0.39 is 6.10 Å². The number of hydrogen-bond donors (Lipinski definition) is 1. The summed E-state index contributed by atoms with van der Waals surface area (Å²) < 4.78 is 5.83. The van der Waals surface area contributed by atoms with Crippen molar-refractivity contribution in [2.75, 3.05) is 6.61 Å². The summed E-state index contributed by atoms with van der Waals surface area (Å²) >= 11 is 6.33. The molecule has 0 spiro atoms. The molecule has 2 nitrogen and oxygen atoms in total. The van der Waals surface area contributed by atoms with E-state index in [-0.39, 0.29) is 0 Å². The van der Waals surface area contributed by atoms with Crippen molar-refractivity contribution in [3.63, 3.8) is 0 Å². The largest absolute Gasteiger partial charge is 0.492 e. The monoisotopic (exact) mass is 342 g/mol. The topological polar surface area (TPSA) is 29.5 Å². The van der Waals surface area contributed by atoms with Crippen LogP contribution in [0.15, 0.2) is 60.2 Å². The average Bonchev–Trinajstić information content (AvgIpc) is 2.64. The molecule has 1 N–H and O–H groups in total. The molecule has 0 amide bonds. The molecular weight excluding hydrogens is 320 g/mol. The Bertz CT molecular complexity index is 694. The molecule has 0 saturated heterocycles. The zero-order valence-electron chi connectivity index (χ0n) is 13.7. The molecule has 0 aliphatic heterocycles. The maximum atomic E-state index is 10.4. The predicted octanol–water partition coefficient (Wildman–Crippen LogP) is 5.69. The summed E-state index contributed by atoms with van der Waals surface area (Å²) in [5.74, 6) is 0.678. The van der Waals surface area contributed by atoms with Gasteiger partial charge in [-0.15, -0.1) is 0 Å². The Morgan fingerprint density at radius 1 is 1.04 bits per heavy atom. The van der Waals surface area contributed by atoms with E-state index in [1.807, 2.05) is 42.5 Å². The molecule has 0 heterocycles. The number of halogens is 1. The van der Waals surface area contributed by atoms with Crippen LogP contribution in [0, 0.1) is 0 Å². The van der Waals surface area contributed by atoms with Crippen molar-refractivity contribution in [2.45, 2.75) is 38.2 Å². The number of rotatable bonds is 6. The average molecular weight is 343 g/mol. The second kappa shape index (κ2) is 8.36. The Morgan fingerprint density at radius 3 is 2.58 bits per heavy atom. The Morgan fingerprint density at radius 2 is 1.88 bits per heavy atom. The molecule has 24 heavy (non-hydrogen) atoms. The van der Waals surface area contributed by atoms with Crippen LogP contribution in [0.3, 0.4) is 0 Å². The maximum absolute atomic E-state index is 10.4. The fraction of sp³-hybridized carbons (Fsp3) is 0.333. The molecule has 126 valence electrons. The van der Waals surface area contributed by atoms with Crippen LogP contribution in [-0.4, -0.2) is 11.7 Å². The van der Waals surface area contributed by atoms with Crippen molar-refractivity contribution >= 4 is 11.6 Å². The van der Waals surface area contributed by atoms with E-state index in [2.05, 4.69) is 6.08 Å². The molecule has 1 unspecified atom stereocenters. The molecule has 1 atom stereocenters. The van der Waals surface area contributed by atoms with Crippen molar-refractivity contribution in [1.82, 2.24) is 0 Å². The van der Waals surface area contributed by atoms with Crippen LogP contribution in [0.25, 0.3) is 0 Å². The van der Waals surface area contributed by atoms with E-state index in [4.69, 9.17) is 16.3 Å². The van der Waals surface area contributed by atoms with Gasteiger partial charge in [-0.3, -0.25) is 0 Å². The molecule has 0 radical (unpaired) electrons. The van der Waals surface area contributed by atoms with Gasteiger partial charge >= 0.3 is 0 Å². The highest BCUT2D eigenvalue weighted by atomic mass is 35.5. The van der Waals surface area contributed by atoms with Gasteiger partial charge in [0.2, 0.25) is 0 Å². The molecule has 0 bridgehead atoms. The Kier molecular flexibility index (Phi) is 5.95. The third-order valence-electron chi connectivity index (χ3n) is 4.45. The second-order valence-electron chi connectivity index (χ2n) is 6.21. The van der Waals surface area contributed by atoms with Crippen molar-refractivity contribution < 1.29 is 9.84 Å². The van der Waals surface area contributed by atoms with Gasteiger partial charge in [0.1, 0.15) is 11.9 Å². The van der Waals surface area contributed by atoms with Crippen molar-refractivity contribution in [2.24, 2.45) is 0 Å². The van der Waals surface area contributed by atoms with Gasteiger partial charge in [0.25, 0.3) is 0 Å². The second-order valence-corrected chi connectivity index (χ2v) is 6.62. The van der Waals surface area contributed by atoms with E-state index in [1.165, 1.54) is 31.3 Å². The Labute approximate surface area is 148 Å². The summed E-state index contributed by atoms with van der Waals surface area (Å²) in [4.78, 5) is 0. The first kappa shape index (κ1) is 17.1. The van der Waals surface area contributed by atoms with E-state index >= 15 is 0 Å². The molecular formula is C21H23ClO2. The lowest BCUT2D eigenvalue weighted by molar-refractivity contribution is 0.220. The first-order valence-corrected chi connectivity index (χ1v) is 8.95. The Hall–Kier alpha value is -1.77. The van der Waals surface area contributed by atoms with Crippen LogP contribution in [0.1, 0.15) is 49.3 Å². The lowest BCUT2D eigenvalue weighted by atomic mass is 9.98. The minimum atomic E-state index is -0.676. The highest BCUT2D eigenvalue weighted by Gasteiger charge is 2.12. The summed E-state index contributed by atoms with van der Waals surface area (Å²) in [6.45, 7) is 0.645. The van der Waals surface area contributed by atoms with Crippen LogP contribution < -0.4 is 4.74 Å². The minimum Gasteiger partial charge on any atom is -0.492 e. The number of hydrogen-bond acceptors (Lipinski definition) is 2. The van der Waals surface area contributed by atoms with Crippen molar-refractivity contribution in [1.29, 1.82) is 0 Å². The van der Waals surface area contributed by atoms with Crippen LogP contribution in [-0.2, 0) is 0 Å². The van der Waals surface area contributed by atoms with Crippen LogP contribution in [0.4, 0.5) is 0 Å². The highest BCUT2D eigenvalue weighted by Crippen LogP contribution is 2.31. The number of ether oxygens (including phenoxy) is 1. The molecule has 1 aliphatic carbocycles. The molecule has 0 aromatic heterocycles. The number of allylic oxidation sites excluding steroid dienone is 1. The van der Waals surface area contributed by atoms with Crippen LogP contribution >= 0.6 is 11.6 Å². The predicted molar refractivity (Wildman–Crippen MR) is 98.6 cm³/mol. The zero-order valence-corrected chi connectivity index (χ0v) is 14.5. The van der Waals surface area contributed by atoms with Crippen molar-refractivity contribution in [3.05, 3.63) is 76.3 Å². The van der Waals surface area contributed by atoms with Gasteiger partial charge in [-0.2, -0.15) is 0 Å². The smallest absolute Gasteiger partial charge is 0.137 e. The van der Waals surface area contributed by atoms with E-state index in [0.717, 1.165) is 17.5 Å². The lowest BCUT2D eigenvalue weighted by Crippen LogP contribution is -2.03. The van der Waals surface area contributed by atoms with Crippen molar-refractivity contribution in [3.8, 4) is 5.75 Å². The van der Waals surface area contributed by atoms with Gasteiger partial charge < -0.3 is 9.84 Å². The quantitative estimate of drug-likeness (QED) is 0.683. The normalized spacial score (nSPS) is 15.7. The number of aliphatic hydroxyl groups excluding tert-OH is 1. The third-order valence-corrected chi connectivity index (χ3v) is 4.75. The summed E-state index contributed by atoms with van der Waals surface area (Å²) in [7, 11) is 0. The minimum absolute atomic E-state index is 0.542. The Balaban J connectivity index is 1.61. The highest BCUT2D eigenvalue weighted by molar-refractivity contribution is 6.32. The van der Waals surface area contributed by atoms with Gasteiger partial charge in [0.15, 0.2) is 0 Å². The molecule has 2 aromatic rings. The van der Waals surface area contributed by atoms with E-state index in [0.29, 0.717) is 17.4 Å². The maximum Gasteiger partial charge on any atom is 0.137 e. The summed E-state index contributed by atoms with van der Waals surface area (Å²) in [6, 6.07) is 15.1. The number of aliphatic hydroxyl groups is 1. The number of benzene rings is 2. The molecule has 1 aliphatic rings. The first-order chi connectivity index (χ1) is 11.7. The molecule has 2 aromatic carbocycles. The lowest BCUT2D eigenvalue weighted by Gasteiger charge is -2.15. The summed E-state index contributed by atoms with van der Waals surface area (Å²) in [5, 5.41) is 11.0. The molecule has 0 saturated carbocycles. The fourth-order valence-electron chi connectivity index (χ4n) is 3.06. The molecule has 0 fully saturated rings. The van der Waals surface area contributed by atoms with Crippen LogP contribution in [0.2, 0.25) is 5.02 Å². The summed E-state index contributed by atoms with van der Waals surface area (Å²) in [5.41, 5.74) is 3.12. The fourth-order valence-corrected chi connectivity index (χ4v) is 3.30. The van der Waals surface area contributed by atoms with Gasteiger partial charge in [-0.1, -0.05) is 59.6 Å². The van der Waals surface area contributed by atoms with E-state index in [9.17, 15) is 5.11 Å². The van der Waals surface area contributed by atoms with E-state index in [1.54, 1.807) is 6.07 Å². The first-order valence-electron chi connectivity index (χ1n) is 8.57. The van der Waals surface area contributed by atoms with Gasteiger partial charge in [-0.25, -0.2) is 0 Å². The molecule has 3 rings (SSSR count). The summed E-state index contributed by atoms with van der Waals surface area (Å²) in [6.07, 6.45) is 7.62. The van der Waals surface area contributed by atoms with Gasteiger partial charge in [0, 0.05) is 6.42 Å². The van der Waals surface area contributed by atoms with Gasteiger partial charge in [0.05, 0.1) is 11.6 Å².